The Hall–Kier alpha value is -0.680. The third kappa shape index (κ3) is 4.16. The quantitative estimate of drug-likeness (QED) is 0.824. The molecule has 1 aromatic carbocycles. The fraction of sp³-hybridized carbons (Fsp3) is 0.600. The van der Waals surface area contributed by atoms with Crippen LogP contribution in [0.25, 0.3) is 0 Å². The monoisotopic (exact) mass is 303 g/mol. The van der Waals surface area contributed by atoms with Gasteiger partial charge in [0.05, 0.1) is 5.92 Å². The Kier molecular flexibility index (Phi) is 5.38. The molecule has 0 amide bonds. The molecule has 1 aliphatic heterocycles. The summed E-state index contributed by atoms with van der Waals surface area (Å²) in [5, 5.41) is 0. The molecule has 1 heterocycles. The van der Waals surface area contributed by atoms with Crippen LogP contribution in [-0.2, 0) is 0 Å². The highest BCUT2D eigenvalue weighted by molar-refractivity contribution is 7.80. The Labute approximate surface area is 123 Å². The summed E-state index contributed by atoms with van der Waals surface area (Å²) in [6, 6.07) is 10.1. The van der Waals surface area contributed by atoms with Gasteiger partial charge in [-0.2, -0.15) is 25.8 Å². The van der Waals surface area contributed by atoms with Crippen LogP contribution in [0.1, 0.15) is 24.3 Å². The van der Waals surface area contributed by atoms with Crippen molar-refractivity contribution in [2.24, 2.45) is 5.92 Å². The largest absolute Gasteiger partial charge is 0.391 e. The van der Waals surface area contributed by atoms with E-state index in [2.05, 4.69) is 29.7 Å². The van der Waals surface area contributed by atoms with Crippen molar-refractivity contribution in [1.82, 2.24) is 4.90 Å². The first-order valence-corrected chi connectivity index (χ1v) is 7.59. The lowest BCUT2D eigenvalue weighted by Gasteiger charge is -2.34. The highest BCUT2D eigenvalue weighted by Gasteiger charge is 2.41. The van der Waals surface area contributed by atoms with E-state index in [1.165, 1.54) is 5.56 Å². The van der Waals surface area contributed by atoms with Gasteiger partial charge in [-0.15, -0.1) is 0 Å². The number of benzene rings is 1. The van der Waals surface area contributed by atoms with Crippen LogP contribution in [0.15, 0.2) is 30.3 Å². The lowest BCUT2D eigenvalue weighted by atomic mass is 9.94. The molecule has 1 aliphatic rings. The highest BCUT2D eigenvalue weighted by atomic mass is 32.1. The SMILES string of the molecule is FC(F)(F)C1CCN(CC(CS)c2ccccc2)CC1. The van der Waals surface area contributed by atoms with E-state index in [4.69, 9.17) is 0 Å². The Bertz CT molecular complexity index is 399. The third-order valence-corrected chi connectivity index (χ3v) is 4.46. The van der Waals surface area contributed by atoms with Crippen LogP contribution >= 0.6 is 12.6 Å². The summed E-state index contributed by atoms with van der Waals surface area (Å²) in [6.07, 6.45) is -3.59. The van der Waals surface area contributed by atoms with E-state index in [0.717, 1.165) is 6.54 Å². The Morgan fingerprint density at radius 1 is 1.15 bits per heavy atom. The molecule has 112 valence electrons. The second kappa shape index (κ2) is 6.85. The van der Waals surface area contributed by atoms with Crippen molar-refractivity contribution >= 4 is 12.6 Å². The average molecular weight is 303 g/mol. The van der Waals surface area contributed by atoms with Gasteiger partial charge in [0.1, 0.15) is 0 Å². The fourth-order valence-electron chi connectivity index (χ4n) is 2.75. The smallest absolute Gasteiger partial charge is 0.303 e. The average Bonchev–Trinajstić information content (AvgIpc) is 2.45. The number of hydrogen-bond acceptors (Lipinski definition) is 2. The van der Waals surface area contributed by atoms with E-state index in [1.807, 2.05) is 18.2 Å². The summed E-state index contributed by atoms with van der Waals surface area (Å²) >= 11 is 4.38. The summed E-state index contributed by atoms with van der Waals surface area (Å²) < 4.78 is 37.9. The van der Waals surface area contributed by atoms with Crippen LogP contribution in [-0.4, -0.2) is 36.5 Å². The van der Waals surface area contributed by atoms with Gasteiger partial charge in [-0.05, 0) is 37.2 Å². The van der Waals surface area contributed by atoms with E-state index in [0.29, 0.717) is 18.8 Å². The number of halogens is 3. The summed E-state index contributed by atoms with van der Waals surface area (Å²) in [7, 11) is 0. The van der Waals surface area contributed by atoms with Crippen LogP contribution in [0.2, 0.25) is 0 Å². The molecule has 1 aromatic rings. The molecule has 1 saturated heterocycles. The Morgan fingerprint density at radius 3 is 2.25 bits per heavy atom. The predicted molar refractivity (Wildman–Crippen MR) is 78.3 cm³/mol. The van der Waals surface area contributed by atoms with E-state index < -0.39 is 12.1 Å². The molecule has 0 spiro atoms. The van der Waals surface area contributed by atoms with Crippen molar-refractivity contribution in [1.29, 1.82) is 0 Å². The molecular formula is C15H20F3NS. The molecule has 0 radical (unpaired) electrons. The maximum atomic E-state index is 12.6. The first kappa shape index (κ1) is 15.7. The molecule has 20 heavy (non-hydrogen) atoms. The van der Waals surface area contributed by atoms with Gasteiger partial charge in [0.2, 0.25) is 0 Å². The van der Waals surface area contributed by atoms with E-state index in [1.54, 1.807) is 0 Å². The molecule has 0 bridgehead atoms. The number of hydrogen-bond donors (Lipinski definition) is 1. The number of likely N-dealkylation sites (tertiary alicyclic amines) is 1. The minimum Gasteiger partial charge on any atom is -0.303 e. The van der Waals surface area contributed by atoms with Crippen LogP contribution in [0.3, 0.4) is 0 Å². The number of nitrogens with zero attached hydrogens (tertiary/aromatic N) is 1. The van der Waals surface area contributed by atoms with Gasteiger partial charge in [0.25, 0.3) is 0 Å². The Morgan fingerprint density at radius 2 is 1.75 bits per heavy atom. The Balaban J connectivity index is 1.88. The lowest BCUT2D eigenvalue weighted by Crippen LogP contribution is -2.40. The van der Waals surface area contributed by atoms with Gasteiger partial charge in [0, 0.05) is 12.5 Å². The molecule has 1 nitrogen and oxygen atoms in total. The first-order chi connectivity index (χ1) is 9.50. The van der Waals surface area contributed by atoms with Crippen LogP contribution in [0.5, 0.6) is 0 Å². The number of thiol groups is 1. The molecule has 5 heteroatoms. The maximum absolute atomic E-state index is 12.6. The summed E-state index contributed by atoms with van der Waals surface area (Å²) in [6.45, 7) is 1.85. The van der Waals surface area contributed by atoms with Gasteiger partial charge < -0.3 is 4.90 Å². The second-order valence-electron chi connectivity index (χ2n) is 5.41. The van der Waals surface area contributed by atoms with Gasteiger partial charge >= 0.3 is 6.18 Å². The molecule has 1 unspecified atom stereocenters. The van der Waals surface area contributed by atoms with Crippen molar-refractivity contribution < 1.29 is 13.2 Å². The molecule has 0 saturated carbocycles. The molecule has 1 fully saturated rings. The second-order valence-corrected chi connectivity index (χ2v) is 5.77. The minimum atomic E-state index is -4.03. The number of rotatable bonds is 4. The molecule has 2 rings (SSSR count). The van der Waals surface area contributed by atoms with Gasteiger partial charge in [-0.25, -0.2) is 0 Å². The van der Waals surface area contributed by atoms with Crippen molar-refractivity contribution in [3.05, 3.63) is 35.9 Å². The minimum absolute atomic E-state index is 0.220. The van der Waals surface area contributed by atoms with Gasteiger partial charge in [-0.1, -0.05) is 30.3 Å². The topological polar surface area (TPSA) is 3.24 Å². The maximum Gasteiger partial charge on any atom is 0.391 e. The standard InChI is InChI=1S/C15H20F3NS/c16-15(17,18)14-6-8-19(9-7-14)10-13(11-20)12-4-2-1-3-5-12/h1-5,13-14,20H,6-11H2. The van der Waals surface area contributed by atoms with E-state index >= 15 is 0 Å². The zero-order valence-corrected chi connectivity index (χ0v) is 12.2. The van der Waals surface area contributed by atoms with Gasteiger partial charge in [-0.3, -0.25) is 0 Å². The zero-order chi connectivity index (χ0) is 14.6. The summed E-state index contributed by atoms with van der Waals surface area (Å²) in [4.78, 5) is 2.14. The highest BCUT2D eigenvalue weighted by Crippen LogP contribution is 2.34. The molecule has 0 N–H and O–H groups in total. The number of alkyl halides is 3. The molecule has 1 atom stereocenters. The normalized spacial score (nSPS) is 20.0. The van der Waals surface area contributed by atoms with Crippen molar-refractivity contribution in [2.75, 3.05) is 25.4 Å². The summed E-state index contributed by atoms with van der Waals surface area (Å²) in [5.41, 5.74) is 1.21. The van der Waals surface area contributed by atoms with Gasteiger partial charge in [0.15, 0.2) is 0 Å². The van der Waals surface area contributed by atoms with Crippen LogP contribution in [0.4, 0.5) is 13.2 Å². The third-order valence-electron chi connectivity index (χ3n) is 4.02. The molecule has 0 aliphatic carbocycles. The molecule has 0 aromatic heterocycles. The van der Waals surface area contributed by atoms with Crippen molar-refractivity contribution in [3.8, 4) is 0 Å². The van der Waals surface area contributed by atoms with Crippen molar-refractivity contribution in [2.45, 2.75) is 24.9 Å². The zero-order valence-electron chi connectivity index (χ0n) is 11.3. The summed E-state index contributed by atoms with van der Waals surface area (Å²) in [5.74, 6) is -0.129. The predicted octanol–water partition coefficient (Wildman–Crippen LogP) is 3.97. The van der Waals surface area contributed by atoms with E-state index in [-0.39, 0.29) is 18.8 Å². The lowest BCUT2D eigenvalue weighted by molar-refractivity contribution is -0.185. The fourth-order valence-corrected chi connectivity index (χ4v) is 3.07. The van der Waals surface area contributed by atoms with Crippen molar-refractivity contribution in [3.63, 3.8) is 0 Å². The van der Waals surface area contributed by atoms with Crippen LogP contribution < -0.4 is 0 Å². The first-order valence-electron chi connectivity index (χ1n) is 6.95. The van der Waals surface area contributed by atoms with E-state index in [9.17, 15) is 13.2 Å². The van der Waals surface area contributed by atoms with Crippen LogP contribution in [0, 0.1) is 5.92 Å². The number of piperidine rings is 1. The molecular weight excluding hydrogens is 283 g/mol.